The van der Waals surface area contributed by atoms with Crippen molar-refractivity contribution < 1.29 is 4.74 Å². The zero-order valence-corrected chi connectivity index (χ0v) is 9.39. The molecule has 0 saturated carbocycles. The highest BCUT2D eigenvalue weighted by atomic mass is 16.5. The maximum absolute atomic E-state index is 5.85. The lowest BCUT2D eigenvalue weighted by Crippen LogP contribution is -2.21. The number of nitrogens with two attached hydrogens (primary N) is 1. The van der Waals surface area contributed by atoms with Crippen LogP contribution in [0.25, 0.3) is 11.0 Å². The number of hydrogen-bond acceptors (Lipinski definition) is 5. The van der Waals surface area contributed by atoms with Crippen molar-refractivity contribution in [2.24, 2.45) is 0 Å². The van der Waals surface area contributed by atoms with Crippen LogP contribution in [-0.4, -0.2) is 29.2 Å². The van der Waals surface area contributed by atoms with E-state index in [-0.39, 0.29) is 6.10 Å². The Balaban J connectivity index is 1.95. The Morgan fingerprint density at radius 2 is 2.00 bits per heavy atom. The number of benzene rings is 1. The fraction of sp³-hybridized carbons (Fsp3) is 0.333. The Bertz CT molecular complexity index is 537. The topological polar surface area (TPSA) is 73.1 Å². The summed E-state index contributed by atoms with van der Waals surface area (Å²) in [7, 11) is 0. The molecule has 17 heavy (non-hydrogen) atoms. The smallest absolute Gasteiger partial charge is 0.258 e. The van der Waals surface area contributed by atoms with Crippen LogP contribution in [0.5, 0.6) is 5.88 Å². The monoisotopic (exact) mass is 230 g/mol. The van der Waals surface area contributed by atoms with Gasteiger partial charge in [0.25, 0.3) is 5.88 Å². The van der Waals surface area contributed by atoms with Crippen molar-refractivity contribution in [2.45, 2.75) is 12.5 Å². The quantitative estimate of drug-likeness (QED) is 0.803. The normalized spacial score (nSPS) is 19.6. The van der Waals surface area contributed by atoms with E-state index >= 15 is 0 Å². The zero-order chi connectivity index (χ0) is 11.7. The predicted octanol–water partition coefficient (Wildman–Crippen LogP) is 0.953. The molecule has 2 aromatic rings. The molecule has 0 spiro atoms. The second kappa shape index (κ2) is 4.18. The van der Waals surface area contributed by atoms with Crippen molar-refractivity contribution >= 4 is 16.9 Å². The van der Waals surface area contributed by atoms with E-state index in [0.717, 1.165) is 30.5 Å². The molecule has 1 aliphatic rings. The highest BCUT2D eigenvalue weighted by Crippen LogP contribution is 2.22. The van der Waals surface area contributed by atoms with Crippen LogP contribution in [0, 0.1) is 0 Å². The van der Waals surface area contributed by atoms with Crippen molar-refractivity contribution in [1.29, 1.82) is 0 Å². The Labute approximate surface area is 99.0 Å². The van der Waals surface area contributed by atoms with Gasteiger partial charge in [0.2, 0.25) is 0 Å². The second-order valence-corrected chi connectivity index (χ2v) is 4.14. The number of rotatable bonds is 2. The molecule has 5 heteroatoms. The molecule has 0 unspecified atom stereocenters. The fourth-order valence-corrected chi connectivity index (χ4v) is 1.97. The lowest BCUT2D eigenvalue weighted by molar-refractivity contribution is 0.215. The first kappa shape index (κ1) is 10.3. The van der Waals surface area contributed by atoms with Crippen LogP contribution in [0.1, 0.15) is 6.42 Å². The van der Waals surface area contributed by atoms with Gasteiger partial charge in [-0.15, -0.1) is 0 Å². The van der Waals surface area contributed by atoms with Crippen LogP contribution in [0.2, 0.25) is 0 Å². The third-order valence-electron chi connectivity index (χ3n) is 2.86. The molecule has 1 fully saturated rings. The van der Waals surface area contributed by atoms with Gasteiger partial charge in [-0.05, 0) is 25.1 Å². The number of para-hydroxylation sites is 2. The summed E-state index contributed by atoms with van der Waals surface area (Å²) in [4.78, 5) is 8.69. The van der Waals surface area contributed by atoms with E-state index < -0.39 is 0 Å². The van der Waals surface area contributed by atoms with Gasteiger partial charge < -0.3 is 15.8 Å². The molecule has 1 saturated heterocycles. The Hall–Kier alpha value is -1.88. The summed E-state index contributed by atoms with van der Waals surface area (Å²) in [6.07, 6.45) is 1.13. The number of hydrogen-bond donors (Lipinski definition) is 2. The molecular weight excluding hydrogens is 216 g/mol. The first-order chi connectivity index (χ1) is 8.33. The fourth-order valence-electron chi connectivity index (χ4n) is 1.97. The number of anilines is 1. The van der Waals surface area contributed by atoms with Crippen LogP contribution >= 0.6 is 0 Å². The highest BCUT2D eigenvalue weighted by molar-refractivity contribution is 5.76. The highest BCUT2D eigenvalue weighted by Gasteiger charge is 2.18. The molecule has 5 nitrogen and oxygen atoms in total. The molecule has 0 aliphatic carbocycles. The molecular formula is C12H14N4O. The van der Waals surface area contributed by atoms with E-state index in [9.17, 15) is 0 Å². The summed E-state index contributed by atoms with van der Waals surface area (Å²) in [6, 6.07) is 7.63. The summed E-state index contributed by atoms with van der Waals surface area (Å²) in [5.41, 5.74) is 7.45. The first-order valence-corrected chi connectivity index (χ1v) is 5.72. The SMILES string of the molecule is Nc1nc2ccccc2nc1O[C@H]1CCNC1. The van der Waals surface area contributed by atoms with Gasteiger partial charge >= 0.3 is 0 Å². The maximum Gasteiger partial charge on any atom is 0.258 e. The van der Waals surface area contributed by atoms with Crippen molar-refractivity contribution in [2.75, 3.05) is 18.8 Å². The van der Waals surface area contributed by atoms with Gasteiger partial charge in [-0.3, -0.25) is 0 Å². The minimum absolute atomic E-state index is 0.146. The molecule has 1 aliphatic heterocycles. The van der Waals surface area contributed by atoms with Crippen molar-refractivity contribution in [3.63, 3.8) is 0 Å². The number of fused-ring (bicyclic) bond motifs is 1. The molecule has 3 N–H and O–H groups in total. The molecule has 2 heterocycles. The van der Waals surface area contributed by atoms with Crippen LogP contribution in [0.3, 0.4) is 0 Å². The summed E-state index contributed by atoms with van der Waals surface area (Å²) in [5, 5.41) is 3.24. The number of nitrogens with zero attached hydrogens (tertiary/aromatic N) is 2. The van der Waals surface area contributed by atoms with Crippen molar-refractivity contribution in [3.8, 4) is 5.88 Å². The van der Waals surface area contributed by atoms with Gasteiger partial charge in [0, 0.05) is 6.54 Å². The van der Waals surface area contributed by atoms with Gasteiger partial charge in [0.05, 0.1) is 11.0 Å². The van der Waals surface area contributed by atoms with E-state index in [0.29, 0.717) is 11.7 Å². The van der Waals surface area contributed by atoms with Crippen molar-refractivity contribution in [3.05, 3.63) is 24.3 Å². The Morgan fingerprint density at radius 3 is 2.71 bits per heavy atom. The van der Waals surface area contributed by atoms with Crippen LogP contribution in [-0.2, 0) is 0 Å². The van der Waals surface area contributed by atoms with Gasteiger partial charge in [0.1, 0.15) is 6.10 Å². The minimum atomic E-state index is 0.146. The largest absolute Gasteiger partial charge is 0.470 e. The molecule has 0 radical (unpaired) electrons. The van der Waals surface area contributed by atoms with Gasteiger partial charge in [-0.25, -0.2) is 9.97 Å². The van der Waals surface area contributed by atoms with E-state index in [1.807, 2.05) is 24.3 Å². The first-order valence-electron chi connectivity index (χ1n) is 5.72. The molecule has 3 rings (SSSR count). The molecule has 0 amide bonds. The maximum atomic E-state index is 5.85. The third kappa shape index (κ3) is 2.01. The van der Waals surface area contributed by atoms with Gasteiger partial charge in [-0.1, -0.05) is 12.1 Å². The zero-order valence-electron chi connectivity index (χ0n) is 9.39. The number of nitrogen functional groups attached to an aromatic ring is 1. The standard InChI is InChI=1S/C12H14N4O/c13-11-12(17-8-5-6-14-7-8)16-10-4-2-1-3-9(10)15-11/h1-4,8,14H,5-7H2,(H2,13,15)/t8-/m0/s1. The summed E-state index contributed by atoms with van der Waals surface area (Å²) < 4.78 is 5.75. The van der Waals surface area contributed by atoms with E-state index in [2.05, 4.69) is 15.3 Å². The second-order valence-electron chi connectivity index (χ2n) is 4.14. The van der Waals surface area contributed by atoms with E-state index in [1.165, 1.54) is 0 Å². The lowest BCUT2D eigenvalue weighted by Gasteiger charge is -2.13. The Kier molecular flexibility index (Phi) is 2.53. The Morgan fingerprint density at radius 1 is 1.24 bits per heavy atom. The van der Waals surface area contributed by atoms with Crippen molar-refractivity contribution in [1.82, 2.24) is 15.3 Å². The van der Waals surface area contributed by atoms with E-state index in [4.69, 9.17) is 10.5 Å². The minimum Gasteiger partial charge on any atom is -0.470 e. The van der Waals surface area contributed by atoms with Gasteiger partial charge in [0.15, 0.2) is 5.82 Å². The van der Waals surface area contributed by atoms with Gasteiger partial charge in [-0.2, -0.15) is 0 Å². The lowest BCUT2D eigenvalue weighted by atomic mass is 10.3. The molecule has 88 valence electrons. The average molecular weight is 230 g/mol. The predicted molar refractivity (Wildman–Crippen MR) is 65.9 cm³/mol. The van der Waals surface area contributed by atoms with Crippen LogP contribution in [0.15, 0.2) is 24.3 Å². The van der Waals surface area contributed by atoms with Crippen LogP contribution < -0.4 is 15.8 Å². The number of aromatic nitrogens is 2. The third-order valence-corrected chi connectivity index (χ3v) is 2.86. The summed E-state index contributed by atoms with van der Waals surface area (Å²) >= 11 is 0. The number of nitrogens with one attached hydrogen (secondary N) is 1. The molecule has 1 aromatic carbocycles. The summed E-state index contributed by atoms with van der Waals surface area (Å²) in [5.74, 6) is 0.799. The number of ether oxygens (including phenoxy) is 1. The average Bonchev–Trinajstić information content (AvgIpc) is 2.83. The molecule has 1 atom stereocenters. The van der Waals surface area contributed by atoms with Crippen LogP contribution in [0.4, 0.5) is 5.82 Å². The van der Waals surface area contributed by atoms with E-state index in [1.54, 1.807) is 0 Å². The summed E-state index contributed by atoms with van der Waals surface area (Å²) in [6.45, 7) is 1.82. The molecule has 0 bridgehead atoms. The molecule has 1 aromatic heterocycles.